The van der Waals surface area contributed by atoms with Gasteiger partial charge in [-0.15, -0.1) is 0 Å². The highest BCUT2D eigenvalue weighted by atomic mass is 16.1. The van der Waals surface area contributed by atoms with E-state index in [2.05, 4.69) is 35.0 Å². The number of pyridine rings is 1. The number of hydrogen-bond donors (Lipinski definition) is 1. The molecule has 3 heteroatoms. The number of aromatic amines is 1. The van der Waals surface area contributed by atoms with E-state index in [-0.39, 0.29) is 5.56 Å². The van der Waals surface area contributed by atoms with Crippen LogP contribution in [0.5, 0.6) is 0 Å². The summed E-state index contributed by atoms with van der Waals surface area (Å²) in [4.78, 5) is 16.8. The van der Waals surface area contributed by atoms with Gasteiger partial charge in [-0.2, -0.15) is 0 Å². The van der Waals surface area contributed by atoms with Crippen LogP contribution in [-0.4, -0.2) is 29.5 Å². The van der Waals surface area contributed by atoms with Crippen LogP contribution in [-0.2, 0) is 0 Å². The molecule has 0 bridgehead atoms. The molecule has 0 aliphatic carbocycles. The number of aromatic nitrogens is 1. The first-order valence-corrected chi connectivity index (χ1v) is 7.11. The molecule has 0 radical (unpaired) electrons. The van der Waals surface area contributed by atoms with Crippen LogP contribution in [0.15, 0.2) is 35.1 Å². The molecule has 1 saturated heterocycles. The Kier molecular flexibility index (Phi) is 3.38. The molecule has 0 spiro atoms. The van der Waals surface area contributed by atoms with Crippen molar-refractivity contribution in [2.45, 2.75) is 25.7 Å². The zero-order valence-corrected chi connectivity index (χ0v) is 11.4. The van der Waals surface area contributed by atoms with Crippen LogP contribution in [0.1, 0.15) is 31.2 Å². The number of rotatable bonds is 2. The number of hydrogen-bond acceptors (Lipinski definition) is 2. The first-order valence-electron chi connectivity index (χ1n) is 7.11. The average molecular weight is 256 g/mol. The van der Waals surface area contributed by atoms with E-state index in [1.54, 1.807) is 6.07 Å². The maximum absolute atomic E-state index is 11.4. The van der Waals surface area contributed by atoms with Crippen molar-refractivity contribution in [1.82, 2.24) is 9.88 Å². The highest BCUT2D eigenvalue weighted by Crippen LogP contribution is 2.28. The lowest BCUT2D eigenvalue weighted by atomic mass is 9.90. The summed E-state index contributed by atoms with van der Waals surface area (Å²) in [6.07, 6.45) is 2.51. The third-order valence-corrected chi connectivity index (χ3v) is 4.17. The van der Waals surface area contributed by atoms with Gasteiger partial charge in [0.1, 0.15) is 0 Å². The minimum absolute atomic E-state index is 0.0246. The Hall–Kier alpha value is -1.61. The predicted octanol–water partition coefficient (Wildman–Crippen LogP) is 2.73. The number of benzene rings is 1. The van der Waals surface area contributed by atoms with Gasteiger partial charge in [-0.1, -0.05) is 19.1 Å². The van der Waals surface area contributed by atoms with E-state index < -0.39 is 0 Å². The molecular formula is C16H20N2O. The highest BCUT2D eigenvalue weighted by Gasteiger charge is 2.20. The molecule has 3 nitrogen and oxygen atoms in total. The third kappa shape index (κ3) is 2.56. The monoisotopic (exact) mass is 256 g/mol. The molecule has 19 heavy (non-hydrogen) atoms. The molecule has 1 aliphatic rings. The number of likely N-dealkylation sites (tertiary alicyclic amines) is 1. The molecule has 1 atom stereocenters. The Morgan fingerprint density at radius 2 is 2.16 bits per heavy atom. The molecule has 0 amide bonds. The van der Waals surface area contributed by atoms with Crippen molar-refractivity contribution >= 4 is 10.9 Å². The lowest BCUT2D eigenvalue weighted by molar-refractivity contribution is 0.218. The maximum atomic E-state index is 11.4. The summed E-state index contributed by atoms with van der Waals surface area (Å²) in [7, 11) is 0. The first kappa shape index (κ1) is 12.4. The van der Waals surface area contributed by atoms with Crippen LogP contribution >= 0.6 is 0 Å². The van der Waals surface area contributed by atoms with Crippen molar-refractivity contribution in [3.8, 4) is 0 Å². The Morgan fingerprint density at radius 1 is 1.32 bits per heavy atom. The number of likely N-dealkylation sites (N-methyl/N-ethyl adjacent to an activating group) is 1. The number of nitrogens with zero attached hydrogens (tertiary/aromatic N) is 1. The molecule has 0 saturated carbocycles. The maximum Gasteiger partial charge on any atom is 0.248 e. The number of nitrogens with one attached hydrogen (secondary N) is 1. The van der Waals surface area contributed by atoms with Crippen LogP contribution in [0.4, 0.5) is 0 Å². The van der Waals surface area contributed by atoms with Crippen LogP contribution < -0.4 is 5.56 Å². The predicted molar refractivity (Wildman–Crippen MR) is 78.7 cm³/mol. The fraction of sp³-hybridized carbons (Fsp3) is 0.438. The van der Waals surface area contributed by atoms with Crippen LogP contribution in [0.25, 0.3) is 10.9 Å². The second-order valence-corrected chi connectivity index (χ2v) is 5.40. The van der Waals surface area contributed by atoms with E-state index >= 15 is 0 Å². The van der Waals surface area contributed by atoms with Crippen LogP contribution in [0.3, 0.4) is 0 Å². The lowest BCUT2D eigenvalue weighted by Gasteiger charge is -2.32. The summed E-state index contributed by atoms with van der Waals surface area (Å²) >= 11 is 0. The van der Waals surface area contributed by atoms with Crippen molar-refractivity contribution in [1.29, 1.82) is 0 Å². The minimum Gasteiger partial charge on any atom is -0.322 e. The molecule has 1 N–H and O–H groups in total. The second kappa shape index (κ2) is 5.17. The van der Waals surface area contributed by atoms with Gasteiger partial charge in [0.15, 0.2) is 0 Å². The third-order valence-electron chi connectivity index (χ3n) is 4.17. The Bertz CT molecular complexity index is 632. The summed E-state index contributed by atoms with van der Waals surface area (Å²) in [6.45, 7) is 5.71. The summed E-state index contributed by atoms with van der Waals surface area (Å²) in [5.74, 6) is 0.599. The number of H-pyrrole nitrogens is 1. The van der Waals surface area contributed by atoms with E-state index in [1.165, 1.54) is 24.9 Å². The molecule has 3 rings (SSSR count). The minimum atomic E-state index is -0.0246. The molecule has 2 aromatic rings. The average Bonchev–Trinajstić information content (AvgIpc) is 2.46. The largest absolute Gasteiger partial charge is 0.322 e. The Morgan fingerprint density at radius 3 is 3.00 bits per heavy atom. The first-order chi connectivity index (χ1) is 9.26. The quantitative estimate of drug-likeness (QED) is 0.897. The summed E-state index contributed by atoms with van der Waals surface area (Å²) < 4.78 is 0. The number of fused-ring (bicyclic) bond motifs is 1. The van der Waals surface area contributed by atoms with Gasteiger partial charge in [0, 0.05) is 18.1 Å². The molecule has 1 unspecified atom stereocenters. The molecule has 100 valence electrons. The smallest absolute Gasteiger partial charge is 0.248 e. The van der Waals surface area contributed by atoms with Gasteiger partial charge in [0.05, 0.1) is 0 Å². The van der Waals surface area contributed by atoms with E-state index in [0.29, 0.717) is 5.92 Å². The van der Waals surface area contributed by atoms with E-state index in [0.717, 1.165) is 24.0 Å². The molecule has 1 aromatic carbocycles. The molecule has 2 heterocycles. The summed E-state index contributed by atoms with van der Waals surface area (Å²) in [6, 6.07) is 9.95. The fourth-order valence-electron chi connectivity index (χ4n) is 3.04. The lowest BCUT2D eigenvalue weighted by Crippen LogP contribution is -2.34. The van der Waals surface area contributed by atoms with E-state index in [1.807, 2.05) is 6.07 Å². The normalized spacial score (nSPS) is 20.8. The van der Waals surface area contributed by atoms with Crippen LogP contribution in [0, 0.1) is 0 Å². The Labute approximate surface area is 113 Å². The zero-order valence-electron chi connectivity index (χ0n) is 11.4. The highest BCUT2D eigenvalue weighted by molar-refractivity contribution is 5.79. The van der Waals surface area contributed by atoms with E-state index in [9.17, 15) is 4.79 Å². The van der Waals surface area contributed by atoms with Gasteiger partial charge >= 0.3 is 0 Å². The van der Waals surface area contributed by atoms with Crippen molar-refractivity contribution in [3.05, 3.63) is 46.2 Å². The van der Waals surface area contributed by atoms with Crippen molar-refractivity contribution in [2.75, 3.05) is 19.6 Å². The SMILES string of the molecule is CCN1CCCC(c2ccc3ccc(=O)[nH]c3c2)C1. The van der Waals surface area contributed by atoms with Crippen molar-refractivity contribution in [2.24, 2.45) is 0 Å². The fourth-order valence-corrected chi connectivity index (χ4v) is 3.04. The molecule has 1 aliphatic heterocycles. The summed E-state index contributed by atoms with van der Waals surface area (Å²) in [5, 5.41) is 1.10. The zero-order chi connectivity index (χ0) is 13.2. The molecule has 1 fully saturated rings. The van der Waals surface area contributed by atoms with E-state index in [4.69, 9.17) is 0 Å². The second-order valence-electron chi connectivity index (χ2n) is 5.40. The topological polar surface area (TPSA) is 36.1 Å². The van der Waals surface area contributed by atoms with Gasteiger partial charge in [-0.3, -0.25) is 4.79 Å². The summed E-state index contributed by atoms with van der Waals surface area (Å²) in [5.41, 5.74) is 2.29. The Balaban J connectivity index is 1.94. The van der Waals surface area contributed by atoms with Gasteiger partial charge < -0.3 is 9.88 Å². The van der Waals surface area contributed by atoms with Crippen LogP contribution in [0.2, 0.25) is 0 Å². The van der Waals surface area contributed by atoms with Crippen molar-refractivity contribution in [3.63, 3.8) is 0 Å². The van der Waals surface area contributed by atoms with Gasteiger partial charge in [0.25, 0.3) is 0 Å². The standard InChI is InChI=1S/C16H20N2O/c1-2-18-9-3-4-14(11-18)13-6-5-12-7-8-16(19)17-15(12)10-13/h5-8,10,14H,2-4,9,11H2,1H3,(H,17,19). The van der Waals surface area contributed by atoms with Gasteiger partial charge in [0.2, 0.25) is 5.56 Å². The molecule has 1 aromatic heterocycles. The van der Waals surface area contributed by atoms with Crippen molar-refractivity contribution < 1.29 is 0 Å². The molecular weight excluding hydrogens is 236 g/mol. The van der Waals surface area contributed by atoms with Gasteiger partial charge in [-0.05, 0) is 54.9 Å². The van der Waals surface area contributed by atoms with Gasteiger partial charge in [-0.25, -0.2) is 0 Å². The number of piperidine rings is 1.